The highest BCUT2D eigenvalue weighted by Crippen LogP contribution is 2.27. The van der Waals surface area contributed by atoms with Gasteiger partial charge in [0.1, 0.15) is 5.75 Å². The predicted molar refractivity (Wildman–Crippen MR) is 85.0 cm³/mol. The van der Waals surface area contributed by atoms with Gasteiger partial charge in [0.2, 0.25) is 0 Å². The Morgan fingerprint density at radius 3 is 2.52 bits per heavy atom. The van der Waals surface area contributed by atoms with Crippen LogP contribution in [0.15, 0.2) is 54.9 Å². The first kappa shape index (κ1) is 13.4. The van der Waals surface area contributed by atoms with Gasteiger partial charge in [0.15, 0.2) is 0 Å². The third kappa shape index (κ3) is 2.55. The zero-order chi connectivity index (χ0) is 14.8. The van der Waals surface area contributed by atoms with E-state index in [1.54, 1.807) is 7.11 Å². The van der Waals surface area contributed by atoms with E-state index < -0.39 is 0 Å². The molecular weight excluding hydrogens is 260 g/mol. The third-order valence-corrected chi connectivity index (χ3v) is 3.69. The van der Waals surface area contributed by atoms with Crippen LogP contribution in [0.1, 0.15) is 11.1 Å². The number of hydrogen-bond acceptors (Lipinski definition) is 2. The van der Waals surface area contributed by atoms with Crippen molar-refractivity contribution in [2.24, 2.45) is 0 Å². The highest BCUT2D eigenvalue weighted by Gasteiger charge is 2.08. The van der Waals surface area contributed by atoms with Crippen LogP contribution in [0.3, 0.4) is 0 Å². The molecule has 2 aromatic carbocycles. The zero-order valence-corrected chi connectivity index (χ0v) is 12.5. The lowest BCUT2D eigenvalue weighted by atomic mass is 10.0. The summed E-state index contributed by atoms with van der Waals surface area (Å²) in [6.07, 6.45) is 3.97. The second-order valence-corrected chi connectivity index (χ2v) is 5.14. The maximum absolute atomic E-state index is 5.26. The van der Waals surface area contributed by atoms with Crippen molar-refractivity contribution in [2.75, 3.05) is 7.11 Å². The first-order chi connectivity index (χ1) is 10.2. The summed E-state index contributed by atoms with van der Waals surface area (Å²) in [6.45, 7) is 4.18. The van der Waals surface area contributed by atoms with Gasteiger partial charge in [-0.1, -0.05) is 24.3 Å². The van der Waals surface area contributed by atoms with Crippen LogP contribution in [0.4, 0.5) is 0 Å². The lowest BCUT2D eigenvalue weighted by Crippen LogP contribution is -1.96. The molecule has 1 aromatic heterocycles. The molecular formula is C18H18N2O. The maximum atomic E-state index is 5.26. The van der Waals surface area contributed by atoms with Crippen LogP contribution in [0.2, 0.25) is 0 Å². The molecule has 0 aliphatic carbocycles. The van der Waals surface area contributed by atoms with E-state index in [1.807, 2.05) is 35.1 Å². The summed E-state index contributed by atoms with van der Waals surface area (Å²) >= 11 is 0. The van der Waals surface area contributed by atoms with Crippen molar-refractivity contribution >= 4 is 0 Å². The lowest BCUT2D eigenvalue weighted by molar-refractivity contribution is 0.414. The number of benzene rings is 2. The van der Waals surface area contributed by atoms with Crippen molar-refractivity contribution in [1.82, 2.24) is 9.78 Å². The summed E-state index contributed by atoms with van der Waals surface area (Å²) in [5.41, 5.74) is 5.78. The Morgan fingerprint density at radius 1 is 1.00 bits per heavy atom. The number of ether oxygens (including phenoxy) is 1. The highest BCUT2D eigenvalue weighted by atomic mass is 16.5. The van der Waals surface area contributed by atoms with E-state index in [9.17, 15) is 0 Å². The maximum Gasteiger partial charge on any atom is 0.119 e. The van der Waals surface area contributed by atoms with Crippen LogP contribution in [-0.4, -0.2) is 16.9 Å². The first-order valence-corrected chi connectivity index (χ1v) is 6.95. The average molecular weight is 278 g/mol. The fourth-order valence-corrected chi connectivity index (χ4v) is 2.50. The minimum absolute atomic E-state index is 0.877. The summed E-state index contributed by atoms with van der Waals surface area (Å²) in [4.78, 5) is 0. The van der Waals surface area contributed by atoms with Crippen molar-refractivity contribution in [3.05, 3.63) is 66.0 Å². The van der Waals surface area contributed by atoms with Gasteiger partial charge in [-0.2, -0.15) is 5.10 Å². The molecule has 0 aliphatic heterocycles. The highest BCUT2D eigenvalue weighted by molar-refractivity contribution is 5.67. The molecule has 0 bridgehead atoms. The molecule has 3 heteroatoms. The second kappa shape index (κ2) is 5.44. The Balaban J connectivity index is 2.01. The number of aryl methyl sites for hydroxylation is 2. The van der Waals surface area contributed by atoms with Crippen LogP contribution < -0.4 is 4.74 Å². The number of para-hydroxylation sites is 1. The summed E-state index contributed by atoms with van der Waals surface area (Å²) < 4.78 is 7.18. The SMILES string of the molecule is COc1ccc(-c2cnn(-c3ccccc3C)c2)c(C)c1. The Kier molecular flexibility index (Phi) is 3.48. The molecule has 0 spiro atoms. The van der Waals surface area contributed by atoms with Gasteiger partial charge in [-0.25, -0.2) is 4.68 Å². The van der Waals surface area contributed by atoms with Crippen molar-refractivity contribution in [1.29, 1.82) is 0 Å². The molecule has 106 valence electrons. The van der Waals surface area contributed by atoms with Gasteiger partial charge in [-0.3, -0.25) is 0 Å². The molecule has 1 heterocycles. The Morgan fingerprint density at radius 2 is 1.81 bits per heavy atom. The van der Waals surface area contributed by atoms with Gasteiger partial charge < -0.3 is 4.74 Å². The quantitative estimate of drug-likeness (QED) is 0.719. The minimum Gasteiger partial charge on any atom is -0.497 e. The molecule has 0 saturated heterocycles. The van der Waals surface area contributed by atoms with E-state index in [4.69, 9.17) is 4.74 Å². The topological polar surface area (TPSA) is 27.1 Å². The van der Waals surface area contributed by atoms with Crippen LogP contribution in [0.5, 0.6) is 5.75 Å². The van der Waals surface area contributed by atoms with Gasteiger partial charge in [0.25, 0.3) is 0 Å². The molecule has 3 aromatic rings. The van der Waals surface area contributed by atoms with E-state index in [-0.39, 0.29) is 0 Å². The molecule has 0 atom stereocenters. The molecule has 0 radical (unpaired) electrons. The summed E-state index contributed by atoms with van der Waals surface area (Å²) in [7, 11) is 1.69. The Labute approximate surface area is 124 Å². The average Bonchev–Trinajstić information content (AvgIpc) is 2.97. The molecule has 0 amide bonds. The number of aromatic nitrogens is 2. The van der Waals surface area contributed by atoms with E-state index in [0.717, 1.165) is 17.0 Å². The van der Waals surface area contributed by atoms with Gasteiger partial charge in [-0.05, 0) is 48.7 Å². The van der Waals surface area contributed by atoms with Gasteiger partial charge >= 0.3 is 0 Å². The fraction of sp³-hybridized carbons (Fsp3) is 0.167. The third-order valence-electron chi connectivity index (χ3n) is 3.69. The molecule has 21 heavy (non-hydrogen) atoms. The van der Waals surface area contributed by atoms with Crippen molar-refractivity contribution in [3.63, 3.8) is 0 Å². The van der Waals surface area contributed by atoms with Crippen LogP contribution in [-0.2, 0) is 0 Å². The van der Waals surface area contributed by atoms with Crippen molar-refractivity contribution in [3.8, 4) is 22.6 Å². The van der Waals surface area contributed by atoms with Gasteiger partial charge in [0, 0.05) is 11.8 Å². The monoisotopic (exact) mass is 278 g/mol. The van der Waals surface area contributed by atoms with E-state index >= 15 is 0 Å². The predicted octanol–water partition coefficient (Wildman–Crippen LogP) is 4.16. The van der Waals surface area contributed by atoms with Crippen LogP contribution >= 0.6 is 0 Å². The Hall–Kier alpha value is -2.55. The smallest absolute Gasteiger partial charge is 0.119 e. The molecule has 0 unspecified atom stereocenters. The number of rotatable bonds is 3. The van der Waals surface area contributed by atoms with Crippen LogP contribution in [0, 0.1) is 13.8 Å². The van der Waals surface area contributed by atoms with E-state index in [1.165, 1.54) is 16.7 Å². The van der Waals surface area contributed by atoms with Crippen LogP contribution in [0.25, 0.3) is 16.8 Å². The molecule has 3 rings (SSSR count). The number of nitrogens with zero attached hydrogens (tertiary/aromatic N) is 2. The second-order valence-electron chi connectivity index (χ2n) is 5.14. The van der Waals surface area contributed by atoms with Gasteiger partial charge in [-0.15, -0.1) is 0 Å². The number of methoxy groups -OCH3 is 1. The Bertz CT molecular complexity index is 774. The zero-order valence-electron chi connectivity index (χ0n) is 12.5. The van der Waals surface area contributed by atoms with Crippen molar-refractivity contribution < 1.29 is 4.74 Å². The molecule has 0 N–H and O–H groups in total. The van der Waals surface area contributed by atoms with Crippen molar-refractivity contribution in [2.45, 2.75) is 13.8 Å². The minimum atomic E-state index is 0.877. The summed E-state index contributed by atoms with van der Waals surface area (Å²) in [5, 5.41) is 4.49. The number of hydrogen-bond donors (Lipinski definition) is 0. The molecule has 3 nitrogen and oxygen atoms in total. The molecule has 0 aliphatic rings. The normalized spacial score (nSPS) is 10.6. The standard InChI is InChI=1S/C18H18N2O/c1-13-6-4-5-7-18(13)20-12-15(11-19-20)17-9-8-16(21-3)10-14(17)2/h4-12H,1-3H3. The van der Waals surface area contributed by atoms with Gasteiger partial charge in [0.05, 0.1) is 19.0 Å². The van der Waals surface area contributed by atoms with E-state index in [0.29, 0.717) is 0 Å². The fourth-order valence-electron chi connectivity index (χ4n) is 2.50. The lowest BCUT2D eigenvalue weighted by Gasteiger charge is -2.06. The first-order valence-electron chi connectivity index (χ1n) is 6.95. The van der Waals surface area contributed by atoms with E-state index in [2.05, 4.69) is 43.3 Å². The largest absolute Gasteiger partial charge is 0.497 e. The summed E-state index contributed by atoms with van der Waals surface area (Å²) in [6, 6.07) is 14.3. The molecule has 0 fully saturated rings. The molecule has 0 saturated carbocycles. The summed E-state index contributed by atoms with van der Waals surface area (Å²) in [5.74, 6) is 0.877.